The largest absolute Gasteiger partial charge is 0.355 e. The monoisotopic (exact) mass is 277 g/mol. The molecule has 0 bridgehead atoms. The van der Waals surface area contributed by atoms with E-state index in [1.165, 1.54) is 6.42 Å². The number of likely N-dealkylation sites (N-methyl/N-ethyl adjacent to an activating group) is 1. The number of nitrogens with one attached hydrogen (secondary N) is 2. The lowest BCUT2D eigenvalue weighted by atomic mass is 10.3. The van der Waals surface area contributed by atoms with Gasteiger partial charge in [0.2, 0.25) is 0 Å². The van der Waals surface area contributed by atoms with Crippen molar-refractivity contribution in [2.75, 3.05) is 33.2 Å². The van der Waals surface area contributed by atoms with Gasteiger partial charge >= 0.3 is 0 Å². The van der Waals surface area contributed by atoms with Crippen molar-refractivity contribution in [1.82, 2.24) is 20.5 Å². The molecule has 5 nitrogen and oxygen atoms in total. The zero-order chi connectivity index (χ0) is 14.6. The van der Waals surface area contributed by atoms with E-state index < -0.39 is 0 Å². The van der Waals surface area contributed by atoms with Crippen LogP contribution in [0.2, 0.25) is 0 Å². The second-order valence-electron chi connectivity index (χ2n) is 4.61. The fourth-order valence-electron chi connectivity index (χ4n) is 1.97. The van der Waals surface area contributed by atoms with Crippen molar-refractivity contribution in [2.45, 2.75) is 26.8 Å². The van der Waals surface area contributed by atoms with Gasteiger partial charge in [-0.1, -0.05) is 19.9 Å². The molecule has 0 saturated heterocycles. The first-order valence-electron chi connectivity index (χ1n) is 7.36. The molecule has 0 radical (unpaired) electrons. The van der Waals surface area contributed by atoms with E-state index in [1.807, 2.05) is 18.2 Å². The Balaban J connectivity index is 2.26. The van der Waals surface area contributed by atoms with Crippen LogP contribution in [-0.2, 0) is 6.54 Å². The van der Waals surface area contributed by atoms with Crippen LogP contribution in [0.25, 0.3) is 0 Å². The van der Waals surface area contributed by atoms with E-state index >= 15 is 0 Å². The van der Waals surface area contributed by atoms with E-state index in [9.17, 15) is 0 Å². The van der Waals surface area contributed by atoms with E-state index in [0.717, 1.165) is 37.8 Å². The molecule has 0 atom stereocenters. The van der Waals surface area contributed by atoms with Crippen LogP contribution in [0.3, 0.4) is 0 Å². The minimum atomic E-state index is 0.687. The average Bonchev–Trinajstić information content (AvgIpc) is 2.50. The van der Waals surface area contributed by atoms with Crippen molar-refractivity contribution >= 4 is 5.96 Å². The molecule has 0 aliphatic carbocycles. The minimum Gasteiger partial charge on any atom is -0.355 e. The van der Waals surface area contributed by atoms with Gasteiger partial charge in [-0.2, -0.15) is 0 Å². The lowest BCUT2D eigenvalue weighted by Crippen LogP contribution is -2.41. The SMILES string of the molecule is CCCN(CC)CCNC(=NC)NCc1ccccn1. The molecule has 0 aliphatic rings. The fraction of sp³-hybridized carbons (Fsp3) is 0.600. The molecule has 1 rings (SSSR count). The van der Waals surface area contributed by atoms with Crippen molar-refractivity contribution in [1.29, 1.82) is 0 Å². The summed E-state index contributed by atoms with van der Waals surface area (Å²) in [6, 6.07) is 5.91. The van der Waals surface area contributed by atoms with Gasteiger partial charge in [0, 0.05) is 26.3 Å². The predicted octanol–water partition coefficient (Wildman–Crippen LogP) is 1.48. The Bertz CT molecular complexity index is 377. The summed E-state index contributed by atoms with van der Waals surface area (Å²) in [5.74, 6) is 0.822. The minimum absolute atomic E-state index is 0.687. The van der Waals surface area contributed by atoms with Crippen LogP contribution in [0.4, 0.5) is 0 Å². The maximum Gasteiger partial charge on any atom is 0.191 e. The second-order valence-corrected chi connectivity index (χ2v) is 4.61. The summed E-state index contributed by atoms with van der Waals surface area (Å²) >= 11 is 0. The van der Waals surface area contributed by atoms with Crippen LogP contribution in [0.1, 0.15) is 26.0 Å². The standard InChI is InChI=1S/C15H27N5/c1-4-11-20(5-2)12-10-18-15(16-3)19-13-14-8-6-7-9-17-14/h6-9H,4-5,10-13H2,1-3H3,(H2,16,18,19). The summed E-state index contributed by atoms with van der Waals surface area (Å²) in [4.78, 5) is 10.9. The van der Waals surface area contributed by atoms with E-state index in [0.29, 0.717) is 6.54 Å². The van der Waals surface area contributed by atoms with Crippen molar-refractivity contribution < 1.29 is 0 Å². The summed E-state index contributed by atoms with van der Waals surface area (Å²) in [5, 5.41) is 6.60. The summed E-state index contributed by atoms with van der Waals surface area (Å²) < 4.78 is 0. The number of nitrogens with zero attached hydrogens (tertiary/aromatic N) is 3. The molecule has 0 fully saturated rings. The van der Waals surface area contributed by atoms with Crippen molar-refractivity contribution in [3.63, 3.8) is 0 Å². The predicted molar refractivity (Wildman–Crippen MR) is 84.8 cm³/mol. The highest BCUT2D eigenvalue weighted by atomic mass is 15.2. The van der Waals surface area contributed by atoms with Crippen LogP contribution < -0.4 is 10.6 Å². The fourth-order valence-corrected chi connectivity index (χ4v) is 1.97. The quantitative estimate of drug-likeness (QED) is 0.558. The van der Waals surface area contributed by atoms with Crippen LogP contribution in [0, 0.1) is 0 Å². The van der Waals surface area contributed by atoms with Gasteiger partial charge in [0.25, 0.3) is 0 Å². The normalized spacial score (nSPS) is 11.7. The first-order chi connectivity index (χ1) is 9.80. The first kappa shape index (κ1) is 16.4. The Hall–Kier alpha value is -1.62. The highest BCUT2D eigenvalue weighted by Crippen LogP contribution is 1.92. The van der Waals surface area contributed by atoms with Gasteiger partial charge < -0.3 is 15.5 Å². The van der Waals surface area contributed by atoms with Crippen LogP contribution in [0.15, 0.2) is 29.4 Å². The third-order valence-corrected chi connectivity index (χ3v) is 3.09. The Morgan fingerprint density at radius 3 is 2.70 bits per heavy atom. The Morgan fingerprint density at radius 1 is 1.25 bits per heavy atom. The average molecular weight is 277 g/mol. The zero-order valence-corrected chi connectivity index (χ0v) is 12.9. The highest BCUT2D eigenvalue weighted by Gasteiger charge is 2.02. The smallest absolute Gasteiger partial charge is 0.191 e. The van der Waals surface area contributed by atoms with Crippen molar-refractivity contribution in [3.05, 3.63) is 30.1 Å². The van der Waals surface area contributed by atoms with Crippen molar-refractivity contribution in [2.24, 2.45) is 4.99 Å². The number of pyridine rings is 1. The number of hydrogen-bond acceptors (Lipinski definition) is 3. The molecular weight excluding hydrogens is 250 g/mol. The van der Waals surface area contributed by atoms with E-state index in [4.69, 9.17) is 0 Å². The molecule has 20 heavy (non-hydrogen) atoms. The topological polar surface area (TPSA) is 52.5 Å². The lowest BCUT2D eigenvalue weighted by Gasteiger charge is -2.20. The number of rotatable bonds is 8. The maximum atomic E-state index is 4.28. The number of hydrogen-bond donors (Lipinski definition) is 2. The molecule has 0 aromatic carbocycles. The summed E-state index contributed by atoms with van der Waals surface area (Å²) in [6.45, 7) is 9.28. The second kappa shape index (κ2) is 10.2. The highest BCUT2D eigenvalue weighted by molar-refractivity contribution is 5.79. The van der Waals surface area contributed by atoms with Gasteiger partial charge in [0.15, 0.2) is 5.96 Å². The number of guanidine groups is 1. The lowest BCUT2D eigenvalue weighted by molar-refractivity contribution is 0.293. The molecule has 0 aliphatic heterocycles. The van der Waals surface area contributed by atoms with Gasteiger partial charge in [-0.25, -0.2) is 0 Å². The zero-order valence-electron chi connectivity index (χ0n) is 12.9. The molecule has 0 saturated carbocycles. The molecule has 5 heteroatoms. The summed E-state index contributed by atoms with van der Waals surface area (Å²) in [6.07, 6.45) is 3.00. The third kappa shape index (κ3) is 6.52. The molecule has 112 valence electrons. The maximum absolute atomic E-state index is 4.28. The summed E-state index contributed by atoms with van der Waals surface area (Å²) in [5.41, 5.74) is 1.01. The van der Waals surface area contributed by atoms with E-state index in [1.54, 1.807) is 13.2 Å². The van der Waals surface area contributed by atoms with Crippen molar-refractivity contribution in [3.8, 4) is 0 Å². The van der Waals surface area contributed by atoms with Gasteiger partial charge in [-0.3, -0.25) is 9.98 Å². The van der Waals surface area contributed by atoms with Gasteiger partial charge in [0.05, 0.1) is 12.2 Å². The van der Waals surface area contributed by atoms with E-state index in [-0.39, 0.29) is 0 Å². The molecule has 1 aromatic heterocycles. The molecular formula is C15H27N5. The Morgan fingerprint density at radius 2 is 2.10 bits per heavy atom. The third-order valence-electron chi connectivity index (χ3n) is 3.09. The molecule has 1 heterocycles. The van der Waals surface area contributed by atoms with Crippen LogP contribution in [0.5, 0.6) is 0 Å². The molecule has 0 unspecified atom stereocenters. The number of aromatic nitrogens is 1. The van der Waals surface area contributed by atoms with Gasteiger partial charge in [0.1, 0.15) is 0 Å². The Labute approximate surface area is 122 Å². The van der Waals surface area contributed by atoms with Gasteiger partial charge in [-0.05, 0) is 31.6 Å². The molecule has 0 amide bonds. The van der Waals surface area contributed by atoms with E-state index in [2.05, 4.69) is 39.4 Å². The van der Waals surface area contributed by atoms with Gasteiger partial charge in [-0.15, -0.1) is 0 Å². The van der Waals surface area contributed by atoms with Crippen LogP contribution in [-0.4, -0.2) is 49.1 Å². The van der Waals surface area contributed by atoms with Crippen LogP contribution >= 0.6 is 0 Å². The molecule has 1 aromatic rings. The summed E-state index contributed by atoms with van der Waals surface area (Å²) in [7, 11) is 1.79. The number of aliphatic imine (C=N–C) groups is 1. The molecule has 2 N–H and O–H groups in total. The Kier molecular flexibility index (Phi) is 8.38. The molecule has 0 spiro atoms. The first-order valence-corrected chi connectivity index (χ1v) is 7.36.